The zero-order valence-electron chi connectivity index (χ0n) is 10.8. The van der Waals surface area contributed by atoms with Gasteiger partial charge in [-0.15, -0.1) is 0 Å². The van der Waals surface area contributed by atoms with Gasteiger partial charge in [0.2, 0.25) is 10.0 Å². The van der Waals surface area contributed by atoms with E-state index in [9.17, 15) is 8.42 Å². The Bertz CT molecular complexity index is 745. The topological polar surface area (TPSA) is 101 Å². The van der Waals surface area contributed by atoms with E-state index in [-0.39, 0.29) is 11.4 Å². The van der Waals surface area contributed by atoms with Crippen molar-refractivity contribution in [2.75, 3.05) is 6.54 Å². The monoisotopic (exact) mass is 291 g/mol. The molecule has 1 aromatic heterocycles. The van der Waals surface area contributed by atoms with Gasteiger partial charge in [0.25, 0.3) is 0 Å². The number of hydrogen-bond donors (Lipinski definition) is 1. The van der Waals surface area contributed by atoms with Crippen molar-refractivity contribution in [3.8, 4) is 6.07 Å². The van der Waals surface area contributed by atoms with Gasteiger partial charge in [-0.05, 0) is 18.2 Å². The van der Waals surface area contributed by atoms with E-state index in [1.807, 2.05) is 6.07 Å². The van der Waals surface area contributed by atoms with Gasteiger partial charge in [-0.25, -0.2) is 18.1 Å². The first-order valence-electron chi connectivity index (χ1n) is 5.85. The molecule has 0 fully saturated rings. The van der Waals surface area contributed by atoms with Crippen LogP contribution in [0, 0.1) is 11.3 Å². The summed E-state index contributed by atoms with van der Waals surface area (Å²) in [7, 11) is -1.88. The van der Waals surface area contributed by atoms with E-state index in [0.29, 0.717) is 17.8 Å². The van der Waals surface area contributed by atoms with E-state index >= 15 is 0 Å². The van der Waals surface area contributed by atoms with Crippen molar-refractivity contribution in [2.45, 2.75) is 11.3 Å². The second kappa shape index (κ2) is 5.81. The van der Waals surface area contributed by atoms with Crippen LogP contribution in [0.4, 0.5) is 0 Å². The smallest absolute Gasteiger partial charge is 0.240 e. The summed E-state index contributed by atoms with van der Waals surface area (Å²) in [5.41, 5.74) is 0.305. The molecule has 2 aromatic rings. The molecule has 0 bridgehead atoms. The summed E-state index contributed by atoms with van der Waals surface area (Å²) in [6, 6.07) is 7.78. The van der Waals surface area contributed by atoms with E-state index in [0.717, 1.165) is 0 Å². The average molecular weight is 291 g/mol. The first-order valence-corrected chi connectivity index (χ1v) is 7.34. The summed E-state index contributed by atoms with van der Waals surface area (Å²) in [4.78, 5) is 4.08. The molecule has 7 nitrogen and oxygen atoms in total. The molecular weight excluding hydrogens is 278 g/mol. The molecule has 1 heterocycles. The highest BCUT2D eigenvalue weighted by Crippen LogP contribution is 2.10. The van der Waals surface area contributed by atoms with Crippen LogP contribution >= 0.6 is 0 Å². The third-order valence-electron chi connectivity index (χ3n) is 2.56. The van der Waals surface area contributed by atoms with Crippen LogP contribution in [0.5, 0.6) is 0 Å². The van der Waals surface area contributed by atoms with Crippen LogP contribution in [0.3, 0.4) is 0 Å². The maximum Gasteiger partial charge on any atom is 0.240 e. The average Bonchev–Trinajstić information content (AvgIpc) is 2.84. The Balaban J connectivity index is 2.02. The lowest BCUT2D eigenvalue weighted by molar-refractivity contribution is 0.580. The van der Waals surface area contributed by atoms with E-state index in [4.69, 9.17) is 5.26 Å². The minimum atomic E-state index is -3.62. The SMILES string of the molecule is Cn1cnc(CCNS(=O)(=O)c2cccc(C#N)c2)n1. The number of sulfonamides is 1. The molecule has 1 N–H and O–H groups in total. The van der Waals surface area contributed by atoms with Crippen molar-refractivity contribution in [1.29, 1.82) is 5.26 Å². The highest BCUT2D eigenvalue weighted by molar-refractivity contribution is 7.89. The van der Waals surface area contributed by atoms with E-state index < -0.39 is 10.0 Å². The molecule has 0 saturated carbocycles. The molecule has 0 aliphatic rings. The van der Waals surface area contributed by atoms with Crippen LogP contribution in [0.15, 0.2) is 35.5 Å². The van der Waals surface area contributed by atoms with Crippen LogP contribution in [0.1, 0.15) is 11.4 Å². The van der Waals surface area contributed by atoms with Crippen LogP contribution in [0.2, 0.25) is 0 Å². The fourth-order valence-corrected chi connectivity index (χ4v) is 2.69. The maximum absolute atomic E-state index is 12.0. The van der Waals surface area contributed by atoms with Gasteiger partial charge in [0.1, 0.15) is 6.33 Å². The Morgan fingerprint density at radius 2 is 2.25 bits per heavy atom. The highest BCUT2D eigenvalue weighted by Gasteiger charge is 2.14. The minimum Gasteiger partial charge on any atom is -0.256 e. The Labute approximate surface area is 116 Å². The third-order valence-corrected chi connectivity index (χ3v) is 4.02. The number of rotatable bonds is 5. The Morgan fingerprint density at radius 3 is 2.90 bits per heavy atom. The molecule has 0 unspecified atom stereocenters. The molecule has 0 saturated heterocycles. The number of hydrogen-bond acceptors (Lipinski definition) is 5. The summed E-state index contributed by atoms with van der Waals surface area (Å²) in [6.07, 6.45) is 1.96. The number of aromatic nitrogens is 3. The highest BCUT2D eigenvalue weighted by atomic mass is 32.2. The van der Waals surface area contributed by atoms with Crippen molar-refractivity contribution in [3.05, 3.63) is 42.0 Å². The molecule has 104 valence electrons. The lowest BCUT2D eigenvalue weighted by Gasteiger charge is -2.05. The van der Waals surface area contributed by atoms with E-state index in [1.165, 1.54) is 18.2 Å². The van der Waals surface area contributed by atoms with Gasteiger partial charge >= 0.3 is 0 Å². The predicted molar refractivity (Wildman–Crippen MR) is 71.1 cm³/mol. The lowest BCUT2D eigenvalue weighted by atomic mass is 10.2. The number of aryl methyl sites for hydroxylation is 1. The molecule has 0 amide bonds. The molecule has 0 radical (unpaired) electrons. The normalized spacial score (nSPS) is 11.2. The zero-order chi connectivity index (χ0) is 14.6. The van der Waals surface area contributed by atoms with Gasteiger partial charge in [0.05, 0.1) is 16.5 Å². The summed E-state index contributed by atoms with van der Waals surface area (Å²) in [5, 5.41) is 12.8. The number of nitriles is 1. The van der Waals surface area contributed by atoms with Crippen LogP contribution in [0.25, 0.3) is 0 Å². The standard InChI is InChI=1S/C12H13N5O2S/c1-17-9-14-12(16-17)5-6-15-20(18,19)11-4-2-3-10(7-11)8-13/h2-4,7,9,15H,5-6H2,1H3. The molecule has 0 aliphatic carbocycles. The van der Waals surface area contributed by atoms with Gasteiger partial charge in [-0.1, -0.05) is 6.07 Å². The van der Waals surface area contributed by atoms with Crippen LogP contribution < -0.4 is 4.72 Å². The fraction of sp³-hybridized carbons (Fsp3) is 0.250. The quantitative estimate of drug-likeness (QED) is 0.848. The number of benzene rings is 1. The summed E-state index contributed by atoms with van der Waals surface area (Å²) in [5.74, 6) is 0.570. The van der Waals surface area contributed by atoms with Crippen molar-refractivity contribution in [2.24, 2.45) is 7.05 Å². The first kappa shape index (κ1) is 14.2. The van der Waals surface area contributed by atoms with Crippen molar-refractivity contribution < 1.29 is 8.42 Å². The van der Waals surface area contributed by atoms with E-state index in [2.05, 4.69) is 14.8 Å². The second-order valence-corrected chi connectivity index (χ2v) is 5.89. The van der Waals surface area contributed by atoms with Crippen LogP contribution in [-0.2, 0) is 23.5 Å². The summed E-state index contributed by atoms with van der Waals surface area (Å²) >= 11 is 0. The summed E-state index contributed by atoms with van der Waals surface area (Å²) in [6.45, 7) is 0.198. The van der Waals surface area contributed by atoms with Gasteiger partial charge in [-0.2, -0.15) is 10.4 Å². The Morgan fingerprint density at radius 1 is 1.45 bits per heavy atom. The lowest BCUT2D eigenvalue weighted by Crippen LogP contribution is -2.26. The number of nitrogens with zero attached hydrogens (tertiary/aromatic N) is 4. The van der Waals surface area contributed by atoms with Gasteiger partial charge in [-0.3, -0.25) is 4.68 Å². The zero-order valence-corrected chi connectivity index (χ0v) is 11.6. The van der Waals surface area contributed by atoms with Gasteiger partial charge in [0, 0.05) is 20.0 Å². The Kier molecular flexibility index (Phi) is 4.12. The van der Waals surface area contributed by atoms with Gasteiger partial charge in [0.15, 0.2) is 5.82 Å². The summed E-state index contributed by atoms with van der Waals surface area (Å²) < 4.78 is 28.1. The molecule has 8 heteroatoms. The molecular formula is C12H13N5O2S. The molecule has 1 aromatic carbocycles. The largest absolute Gasteiger partial charge is 0.256 e. The van der Waals surface area contributed by atoms with E-state index in [1.54, 1.807) is 24.1 Å². The number of nitrogens with one attached hydrogen (secondary N) is 1. The molecule has 0 aliphatic heterocycles. The fourth-order valence-electron chi connectivity index (χ4n) is 1.61. The minimum absolute atomic E-state index is 0.0746. The molecule has 20 heavy (non-hydrogen) atoms. The van der Waals surface area contributed by atoms with Crippen molar-refractivity contribution >= 4 is 10.0 Å². The van der Waals surface area contributed by atoms with Crippen molar-refractivity contribution in [1.82, 2.24) is 19.5 Å². The third kappa shape index (κ3) is 3.40. The maximum atomic E-state index is 12.0. The first-order chi connectivity index (χ1) is 9.51. The van der Waals surface area contributed by atoms with Crippen LogP contribution in [-0.4, -0.2) is 29.7 Å². The van der Waals surface area contributed by atoms with Crippen molar-refractivity contribution in [3.63, 3.8) is 0 Å². The molecule has 2 rings (SSSR count). The Hall–Kier alpha value is -2.24. The predicted octanol–water partition coefficient (Wildman–Crippen LogP) is 0.208. The second-order valence-electron chi connectivity index (χ2n) is 4.12. The molecule has 0 atom stereocenters. The van der Waals surface area contributed by atoms with Gasteiger partial charge < -0.3 is 0 Å². The molecule has 0 spiro atoms.